The first-order valence-electron chi connectivity index (χ1n) is 12.1. The molecule has 3 aromatic rings. The van der Waals surface area contributed by atoms with E-state index in [1.165, 1.54) is 0 Å². The molecule has 2 aliphatic rings. The number of piperidine rings is 1. The zero-order valence-electron chi connectivity index (χ0n) is 20.1. The van der Waals surface area contributed by atoms with Gasteiger partial charge in [-0.3, -0.25) is 24.1 Å². The molecule has 2 fully saturated rings. The Balaban J connectivity index is 1.37. The van der Waals surface area contributed by atoms with Crippen LogP contribution in [0.3, 0.4) is 0 Å². The number of fused-ring (bicyclic) bond motifs is 1. The van der Waals surface area contributed by atoms with Crippen molar-refractivity contribution in [1.82, 2.24) is 14.4 Å². The van der Waals surface area contributed by atoms with Crippen molar-refractivity contribution in [2.75, 3.05) is 19.6 Å². The monoisotopic (exact) mass is 501 g/mol. The standard InChI is InChI=1S/C28H27N3O4S/c1-19-9-11-20(12-10-19)24(32)17-31-27(34)25(36-28(31)35)15-21-16-30(23-8-4-3-7-22(21)23)18-26(33)29-13-5-2-6-14-29/h3-4,7-12,15-16H,2,5-6,13-14,17-18H2,1H3/b25-15-. The molecule has 3 heterocycles. The fourth-order valence-corrected chi connectivity index (χ4v) is 5.49. The number of rotatable bonds is 6. The SMILES string of the molecule is Cc1ccc(C(=O)CN2C(=O)S/C(=C\c3cn(CC(=O)N4CCCCC4)c4ccccc34)C2=O)cc1. The van der Waals surface area contributed by atoms with Gasteiger partial charge in [-0.25, -0.2) is 0 Å². The lowest BCUT2D eigenvalue weighted by molar-refractivity contribution is -0.132. The second-order valence-electron chi connectivity index (χ2n) is 9.23. The number of amides is 3. The van der Waals surface area contributed by atoms with Gasteiger partial charge < -0.3 is 9.47 Å². The fourth-order valence-electron chi connectivity index (χ4n) is 4.66. The number of aromatic nitrogens is 1. The van der Waals surface area contributed by atoms with Gasteiger partial charge in [0.25, 0.3) is 11.1 Å². The normalized spacial score (nSPS) is 17.4. The van der Waals surface area contributed by atoms with Gasteiger partial charge in [0.15, 0.2) is 5.78 Å². The molecule has 0 bridgehead atoms. The summed E-state index contributed by atoms with van der Waals surface area (Å²) in [6.07, 6.45) is 6.77. The summed E-state index contributed by atoms with van der Waals surface area (Å²) in [4.78, 5) is 54.4. The second kappa shape index (κ2) is 10.1. The van der Waals surface area contributed by atoms with Crippen LogP contribution < -0.4 is 0 Å². The topological polar surface area (TPSA) is 79.7 Å². The third kappa shape index (κ3) is 4.86. The molecule has 3 amide bonds. The number of carbonyl (C=O) groups excluding carboxylic acids is 4. The highest BCUT2D eigenvalue weighted by Crippen LogP contribution is 2.34. The Labute approximate surface area is 213 Å². The van der Waals surface area contributed by atoms with E-state index in [0.717, 1.165) is 71.0 Å². The van der Waals surface area contributed by atoms with Crippen molar-refractivity contribution < 1.29 is 19.2 Å². The molecule has 0 atom stereocenters. The highest BCUT2D eigenvalue weighted by Gasteiger charge is 2.36. The van der Waals surface area contributed by atoms with Crippen LogP contribution in [0.1, 0.15) is 40.7 Å². The maximum absolute atomic E-state index is 13.1. The van der Waals surface area contributed by atoms with Crippen molar-refractivity contribution in [3.63, 3.8) is 0 Å². The van der Waals surface area contributed by atoms with Gasteiger partial charge in [0, 0.05) is 41.3 Å². The summed E-state index contributed by atoms with van der Waals surface area (Å²) in [5.74, 6) is -0.685. The molecule has 7 nitrogen and oxygen atoms in total. The first-order valence-corrected chi connectivity index (χ1v) is 12.9. The minimum atomic E-state index is -0.480. The molecule has 1 aromatic heterocycles. The fraction of sp³-hybridized carbons (Fsp3) is 0.286. The molecule has 184 valence electrons. The van der Waals surface area contributed by atoms with E-state index in [4.69, 9.17) is 0 Å². The number of nitrogens with zero attached hydrogens (tertiary/aromatic N) is 3. The van der Waals surface area contributed by atoms with Gasteiger partial charge >= 0.3 is 0 Å². The number of thioether (sulfide) groups is 1. The average molecular weight is 502 g/mol. The van der Waals surface area contributed by atoms with Gasteiger partial charge in [0.1, 0.15) is 6.54 Å². The van der Waals surface area contributed by atoms with Crippen LogP contribution in [0.4, 0.5) is 4.79 Å². The summed E-state index contributed by atoms with van der Waals surface area (Å²) in [6.45, 7) is 3.44. The summed E-state index contributed by atoms with van der Waals surface area (Å²) in [5, 5.41) is 0.433. The van der Waals surface area contributed by atoms with Crippen molar-refractivity contribution >= 4 is 51.6 Å². The Morgan fingerprint density at radius 1 is 0.944 bits per heavy atom. The molecule has 0 N–H and O–H groups in total. The quantitative estimate of drug-likeness (QED) is 0.355. The number of benzene rings is 2. The van der Waals surface area contributed by atoms with Crippen LogP contribution >= 0.6 is 11.8 Å². The molecular weight excluding hydrogens is 474 g/mol. The first kappa shape index (κ1) is 24.1. The lowest BCUT2D eigenvalue weighted by Crippen LogP contribution is -2.37. The molecule has 0 unspecified atom stereocenters. The molecule has 2 saturated heterocycles. The highest BCUT2D eigenvalue weighted by molar-refractivity contribution is 8.18. The number of hydrogen-bond acceptors (Lipinski definition) is 5. The lowest BCUT2D eigenvalue weighted by atomic mass is 10.1. The van der Waals surface area contributed by atoms with Crippen molar-refractivity contribution in [3.8, 4) is 0 Å². The van der Waals surface area contributed by atoms with E-state index in [9.17, 15) is 19.2 Å². The smallest absolute Gasteiger partial charge is 0.293 e. The zero-order valence-corrected chi connectivity index (χ0v) is 20.9. The molecule has 5 rings (SSSR count). The lowest BCUT2D eigenvalue weighted by Gasteiger charge is -2.27. The number of aryl methyl sites for hydroxylation is 1. The number of Topliss-reactive ketones (excluding diaryl/α,β-unsaturated/α-hetero) is 1. The number of likely N-dealkylation sites (tertiary alicyclic amines) is 1. The zero-order chi connectivity index (χ0) is 25.2. The van der Waals surface area contributed by atoms with Gasteiger partial charge in [-0.15, -0.1) is 0 Å². The Bertz CT molecular complexity index is 1380. The van der Waals surface area contributed by atoms with E-state index in [-0.39, 0.29) is 29.7 Å². The van der Waals surface area contributed by atoms with Crippen LogP contribution in [0.5, 0.6) is 0 Å². The minimum Gasteiger partial charge on any atom is -0.341 e. The van der Waals surface area contributed by atoms with E-state index < -0.39 is 11.1 Å². The largest absolute Gasteiger partial charge is 0.341 e. The average Bonchev–Trinajstić information content (AvgIpc) is 3.36. The molecule has 2 aliphatic heterocycles. The molecule has 2 aromatic carbocycles. The summed E-state index contributed by atoms with van der Waals surface area (Å²) in [5.41, 5.74) is 3.14. The number of para-hydroxylation sites is 1. The number of carbonyl (C=O) groups is 4. The molecule has 0 radical (unpaired) electrons. The summed E-state index contributed by atoms with van der Waals surface area (Å²) in [6, 6.07) is 14.8. The maximum Gasteiger partial charge on any atom is 0.293 e. The van der Waals surface area contributed by atoms with E-state index in [0.29, 0.717) is 5.56 Å². The number of ketones is 1. The maximum atomic E-state index is 13.1. The third-order valence-electron chi connectivity index (χ3n) is 6.67. The first-order chi connectivity index (χ1) is 17.4. The van der Waals surface area contributed by atoms with Crippen LogP contribution in [-0.2, 0) is 16.1 Å². The van der Waals surface area contributed by atoms with Crippen molar-refractivity contribution in [2.24, 2.45) is 0 Å². The summed E-state index contributed by atoms with van der Waals surface area (Å²) in [7, 11) is 0. The predicted octanol–water partition coefficient (Wildman–Crippen LogP) is 4.88. The Morgan fingerprint density at radius 3 is 2.42 bits per heavy atom. The van der Waals surface area contributed by atoms with Crippen LogP contribution in [0.25, 0.3) is 17.0 Å². The van der Waals surface area contributed by atoms with E-state index in [2.05, 4.69) is 0 Å². The Hall–Kier alpha value is -3.65. The number of imide groups is 1. The Morgan fingerprint density at radius 2 is 1.67 bits per heavy atom. The van der Waals surface area contributed by atoms with E-state index in [1.54, 1.807) is 18.2 Å². The van der Waals surface area contributed by atoms with Crippen LogP contribution in [0.2, 0.25) is 0 Å². The summed E-state index contributed by atoms with van der Waals surface area (Å²) < 4.78 is 1.91. The summed E-state index contributed by atoms with van der Waals surface area (Å²) >= 11 is 0.833. The van der Waals surface area contributed by atoms with Crippen LogP contribution in [0, 0.1) is 6.92 Å². The van der Waals surface area contributed by atoms with Gasteiger partial charge in [-0.05, 0) is 50.1 Å². The van der Waals surface area contributed by atoms with Gasteiger partial charge in [-0.2, -0.15) is 0 Å². The molecule has 0 saturated carbocycles. The van der Waals surface area contributed by atoms with E-state index in [1.807, 2.05) is 59.0 Å². The Kier molecular flexibility index (Phi) is 6.78. The van der Waals surface area contributed by atoms with Crippen molar-refractivity contribution in [1.29, 1.82) is 0 Å². The minimum absolute atomic E-state index is 0.0805. The van der Waals surface area contributed by atoms with Crippen LogP contribution in [-0.4, -0.2) is 56.8 Å². The highest BCUT2D eigenvalue weighted by atomic mass is 32.2. The van der Waals surface area contributed by atoms with Gasteiger partial charge in [-0.1, -0.05) is 48.0 Å². The molecule has 0 aliphatic carbocycles. The molecule has 0 spiro atoms. The third-order valence-corrected chi connectivity index (χ3v) is 7.58. The van der Waals surface area contributed by atoms with E-state index >= 15 is 0 Å². The van der Waals surface area contributed by atoms with Crippen molar-refractivity contribution in [2.45, 2.75) is 32.7 Å². The number of hydrogen-bond donors (Lipinski definition) is 0. The molecule has 36 heavy (non-hydrogen) atoms. The molecule has 8 heteroatoms. The second-order valence-corrected chi connectivity index (χ2v) is 10.2. The van der Waals surface area contributed by atoms with Gasteiger partial charge in [0.2, 0.25) is 5.91 Å². The predicted molar refractivity (Wildman–Crippen MR) is 141 cm³/mol. The van der Waals surface area contributed by atoms with Crippen molar-refractivity contribution in [3.05, 3.63) is 76.3 Å². The molecular formula is C28H27N3O4S. The van der Waals surface area contributed by atoms with Gasteiger partial charge in [0.05, 0.1) is 11.4 Å². The van der Waals surface area contributed by atoms with Crippen LogP contribution in [0.15, 0.2) is 59.6 Å².